The van der Waals surface area contributed by atoms with Crippen LogP contribution < -0.4 is 9.47 Å². The van der Waals surface area contributed by atoms with Crippen LogP contribution in [0.2, 0.25) is 0 Å². The third-order valence-corrected chi connectivity index (χ3v) is 2.33. The third kappa shape index (κ3) is 3.91. The van der Waals surface area contributed by atoms with Crippen molar-refractivity contribution in [2.75, 3.05) is 13.2 Å². The van der Waals surface area contributed by atoms with Crippen molar-refractivity contribution < 1.29 is 14.3 Å². The molecule has 18 heavy (non-hydrogen) atoms. The average Bonchev–Trinajstić information content (AvgIpc) is 2.38. The molecule has 0 aliphatic heterocycles. The predicted molar refractivity (Wildman–Crippen MR) is 72.5 cm³/mol. The van der Waals surface area contributed by atoms with E-state index in [0.717, 1.165) is 6.42 Å². The van der Waals surface area contributed by atoms with Crippen molar-refractivity contribution >= 4 is 5.78 Å². The van der Waals surface area contributed by atoms with Gasteiger partial charge in [0.05, 0.1) is 13.2 Å². The summed E-state index contributed by atoms with van der Waals surface area (Å²) in [7, 11) is 0. The zero-order chi connectivity index (χ0) is 13.4. The first-order chi connectivity index (χ1) is 8.72. The molecule has 0 N–H and O–H groups in total. The Balaban J connectivity index is 2.98. The maximum absolute atomic E-state index is 11.8. The summed E-state index contributed by atoms with van der Waals surface area (Å²) in [6.45, 7) is 6.93. The quantitative estimate of drug-likeness (QED) is 0.546. The Labute approximate surface area is 108 Å². The Morgan fingerprint density at radius 2 is 1.78 bits per heavy atom. The van der Waals surface area contributed by atoms with Crippen LogP contribution in [0.15, 0.2) is 30.4 Å². The molecule has 3 heteroatoms. The van der Waals surface area contributed by atoms with Crippen LogP contribution in [0.1, 0.15) is 37.6 Å². The summed E-state index contributed by atoms with van der Waals surface area (Å²) in [5, 5.41) is 0. The van der Waals surface area contributed by atoms with Crippen LogP contribution in [0, 0.1) is 0 Å². The molecule has 1 aromatic carbocycles. The first-order valence-electron chi connectivity index (χ1n) is 6.33. The molecular weight excluding hydrogens is 228 g/mol. The van der Waals surface area contributed by atoms with Gasteiger partial charge in [-0.3, -0.25) is 4.79 Å². The van der Waals surface area contributed by atoms with Gasteiger partial charge in [-0.05, 0) is 44.5 Å². The highest BCUT2D eigenvalue weighted by Gasteiger charge is 2.09. The molecule has 0 aliphatic rings. The fourth-order valence-corrected chi connectivity index (χ4v) is 1.53. The van der Waals surface area contributed by atoms with E-state index in [0.29, 0.717) is 30.3 Å². The van der Waals surface area contributed by atoms with Crippen molar-refractivity contribution in [1.82, 2.24) is 0 Å². The molecular formula is C15H20O3. The van der Waals surface area contributed by atoms with Gasteiger partial charge in [0.1, 0.15) is 0 Å². The summed E-state index contributed by atoms with van der Waals surface area (Å²) in [4.78, 5) is 11.8. The van der Waals surface area contributed by atoms with Crippen molar-refractivity contribution in [2.45, 2.75) is 27.2 Å². The number of carbonyl (C=O) groups is 1. The number of rotatable bonds is 7. The standard InChI is InChI=1S/C15H20O3/c1-4-7-8-13(16)12-9-10-14(17-5-2)15(11-12)18-6-3/h7-11H,4-6H2,1-3H3/b8-7+. The fourth-order valence-electron chi connectivity index (χ4n) is 1.53. The second kappa shape index (κ2) is 7.54. The van der Waals surface area contributed by atoms with Crippen LogP contribution in [0.3, 0.4) is 0 Å². The molecule has 0 radical (unpaired) electrons. The molecule has 3 nitrogen and oxygen atoms in total. The van der Waals surface area contributed by atoms with Crippen LogP contribution in [-0.4, -0.2) is 19.0 Å². The number of allylic oxidation sites excluding steroid dienone is 2. The van der Waals surface area contributed by atoms with Gasteiger partial charge in [-0.15, -0.1) is 0 Å². The Bertz CT molecular complexity index is 422. The number of hydrogen-bond donors (Lipinski definition) is 0. The minimum absolute atomic E-state index is 0.0131. The van der Waals surface area contributed by atoms with E-state index in [1.54, 1.807) is 24.3 Å². The first kappa shape index (κ1) is 14.3. The molecule has 0 amide bonds. The van der Waals surface area contributed by atoms with E-state index in [2.05, 4.69) is 0 Å². The maximum Gasteiger partial charge on any atom is 0.185 e. The van der Waals surface area contributed by atoms with Gasteiger partial charge in [-0.25, -0.2) is 0 Å². The van der Waals surface area contributed by atoms with Crippen LogP contribution in [0.5, 0.6) is 11.5 Å². The highest BCUT2D eigenvalue weighted by Crippen LogP contribution is 2.28. The summed E-state index contributed by atoms with van der Waals surface area (Å²) >= 11 is 0. The number of benzene rings is 1. The van der Waals surface area contributed by atoms with Gasteiger partial charge in [0.15, 0.2) is 17.3 Å². The van der Waals surface area contributed by atoms with Gasteiger partial charge in [0, 0.05) is 5.56 Å². The summed E-state index contributed by atoms with van der Waals surface area (Å²) in [5.74, 6) is 1.28. The second-order valence-electron chi connectivity index (χ2n) is 3.70. The molecule has 0 aliphatic carbocycles. The van der Waals surface area contributed by atoms with Crippen molar-refractivity contribution in [1.29, 1.82) is 0 Å². The number of ketones is 1. The smallest absolute Gasteiger partial charge is 0.185 e. The Kier molecular flexibility index (Phi) is 5.98. The minimum atomic E-state index is -0.0131. The minimum Gasteiger partial charge on any atom is -0.490 e. The van der Waals surface area contributed by atoms with Crippen LogP contribution in [0.4, 0.5) is 0 Å². The Morgan fingerprint density at radius 3 is 2.39 bits per heavy atom. The lowest BCUT2D eigenvalue weighted by atomic mass is 10.1. The lowest BCUT2D eigenvalue weighted by molar-refractivity contribution is 0.104. The van der Waals surface area contributed by atoms with E-state index < -0.39 is 0 Å². The number of hydrogen-bond acceptors (Lipinski definition) is 3. The van der Waals surface area contributed by atoms with Crippen molar-refractivity contribution in [2.24, 2.45) is 0 Å². The highest BCUT2D eigenvalue weighted by atomic mass is 16.5. The molecule has 0 heterocycles. The van der Waals surface area contributed by atoms with Gasteiger partial charge >= 0.3 is 0 Å². The van der Waals surface area contributed by atoms with Gasteiger partial charge in [-0.2, -0.15) is 0 Å². The zero-order valence-electron chi connectivity index (χ0n) is 11.2. The average molecular weight is 248 g/mol. The van der Waals surface area contributed by atoms with E-state index in [-0.39, 0.29) is 5.78 Å². The summed E-state index contributed by atoms with van der Waals surface area (Å²) in [6, 6.07) is 5.27. The van der Waals surface area contributed by atoms with E-state index in [9.17, 15) is 4.79 Å². The molecule has 0 saturated carbocycles. The zero-order valence-corrected chi connectivity index (χ0v) is 11.2. The molecule has 98 valence electrons. The molecule has 1 rings (SSSR count). The Hall–Kier alpha value is -1.77. The molecule has 0 spiro atoms. The maximum atomic E-state index is 11.8. The van der Waals surface area contributed by atoms with Gasteiger partial charge in [0.2, 0.25) is 0 Å². The summed E-state index contributed by atoms with van der Waals surface area (Å²) in [6.07, 6.45) is 4.28. The number of ether oxygens (including phenoxy) is 2. The molecule has 0 saturated heterocycles. The normalized spacial score (nSPS) is 10.6. The largest absolute Gasteiger partial charge is 0.490 e. The number of carbonyl (C=O) groups excluding carboxylic acids is 1. The molecule has 0 bridgehead atoms. The van der Waals surface area contributed by atoms with Crippen LogP contribution in [0.25, 0.3) is 0 Å². The molecule has 1 aromatic rings. The molecule has 0 atom stereocenters. The van der Waals surface area contributed by atoms with Crippen LogP contribution in [-0.2, 0) is 0 Å². The van der Waals surface area contributed by atoms with Crippen molar-refractivity contribution in [3.8, 4) is 11.5 Å². The SMILES string of the molecule is CC/C=C/C(=O)c1ccc(OCC)c(OCC)c1. The van der Waals surface area contributed by atoms with Crippen molar-refractivity contribution in [3.63, 3.8) is 0 Å². The first-order valence-corrected chi connectivity index (χ1v) is 6.33. The van der Waals surface area contributed by atoms with Gasteiger partial charge < -0.3 is 9.47 Å². The molecule has 0 unspecified atom stereocenters. The van der Waals surface area contributed by atoms with E-state index >= 15 is 0 Å². The summed E-state index contributed by atoms with van der Waals surface area (Å²) < 4.78 is 10.9. The lowest BCUT2D eigenvalue weighted by Crippen LogP contribution is -2.01. The lowest BCUT2D eigenvalue weighted by Gasteiger charge is -2.11. The third-order valence-electron chi connectivity index (χ3n) is 2.33. The second-order valence-corrected chi connectivity index (χ2v) is 3.70. The highest BCUT2D eigenvalue weighted by molar-refractivity contribution is 6.04. The summed E-state index contributed by atoms with van der Waals surface area (Å²) in [5.41, 5.74) is 0.617. The van der Waals surface area contributed by atoms with Gasteiger partial charge in [-0.1, -0.05) is 13.0 Å². The van der Waals surface area contributed by atoms with E-state index in [1.807, 2.05) is 26.8 Å². The van der Waals surface area contributed by atoms with Crippen LogP contribution >= 0.6 is 0 Å². The van der Waals surface area contributed by atoms with E-state index in [4.69, 9.17) is 9.47 Å². The fraction of sp³-hybridized carbons (Fsp3) is 0.400. The van der Waals surface area contributed by atoms with Crippen molar-refractivity contribution in [3.05, 3.63) is 35.9 Å². The molecule has 0 aromatic heterocycles. The molecule has 0 fully saturated rings. The van der Waals surface area contributed by atoms with Gasteiger partial charge in [0.25, 0.3) is 0 Å². The predicted octanol–water partition coefficient (Wildman–Crippen LogP) is 3.63. The Morgan fingerprint density at radius 1 is 1.11 bits per heavy atom. The van der Waals surface area contributed by atoms with E-state index in [1.165, 1.54) is 0 Å². The topological polar surface area (TPSA) is 35.5 Å². The monoisotopic (exact) mass is 248 g/mol.